The van der Waals surface area contributed by atoms with Crippen molar-refractivity contribution in [1.29, 1.82) is 0 Å². The van der Waals surface area contributed by atoms with Crippen molar-refractivity contribution in [2.24, 2.45) is 5.92 Å². The maximum atomic E-state index is 5.70. The van der Waals surface area contributed by atoms with Crippen molar-refractivity contribution in [2.45, 2.75) is 103 Å². The Labute approximate surface area is 207 Å². The molecule has 0 bridgehead atoms. The monoisotopic (exact) mass is 467 g/mol. The summed E-state index contributed by atoms with van der Waals surface area (Å²) in [7, 11) is 0. The first-order valence-electron chi connectivity index (χ1n) is 13.8. The van der Waals surface area contributed by atoms with E-state index in [0.717, 1.165) is 56.2 Å². The Hall–Kier alpha value is -2.01. The van der Waals surface area contributed by atoms with Gasteiger partial charge in [0, 0.05) is 19.4 Å². The zero-order chi connectivity index (χ0) is 23.7. The normalized spacial score (nSPS) is 13.3. The van der Waals surface area contributed by atoms with Crippen LogP contribution in [0.25, 0.3) is 11.4 Å². The maximum absolute atomic E-state index is 5.70. The van der Waals surface area contributed by atoms with E-state index in [1.54, 1.807) is 12.4 Å². The molecule has 34 heavy (non-hydrogen) atoms. The van der Waals surface area contributed by atoms with Crippen LogP contribution >= 0.6 is 0 Å². The Balaban J connectivity index is 1.23. The van der Waals surface area contributed by atoms with Crippen LogP contribution in [-0.4, -0.2) is 34.8 Å². The molecule has 0 aliphatic heterocycles. The Bertz CT molecular complexity index is 760. The van der Waals surface area contributed by atoms with Gasteiger partial charge in [-0.25, -0.2) is 9.97 Å². The summed E-state index contributed by atoms with van der Waals surface area (Å²) in [4.78, 5) is 13.5. The molecular formula is C29H45N3O2. The molecule has 188 valence electrons. The Morgan fingerprint density at radius 2 is 1.44 bits per heavy atom. The molecule has 0 radical (unpaired) electrons. The fourth-order valence-corrected chi connectivity index (χ4v) is 4.13. The van der Waals surface area contributed by atoms with Crippen LogP contribution in [0.5, 0.6) is 5.88 Å². The first kappa shape index (κ1) is 26.6. The van der Waals surface area contributed by atoms with Gasteiger partial charge < -0.3 is 9.47 Å². The summed E-state index contributed by atoms with van der Waals surface area (Å²) >= 11 is 0. The summed E-state index contributed by atoms with van der Waals surface area (Å²) < 4.78 is 11.3. The predicted octanol–water partition coefficient (Wildman–Crippen LogP) is 7.59. The molecule has 2 heterocycles. The Kier molecular flexibility index (Phi) is 13.0. The van der Waals surface area contributed by atoms with Crippen LogP contribution in [0.1, 0.15) is 102 Å². The van der Waals surface area contributed by atoms with E-state index in [0.29, 0.717) is 12.5 Å². The van der Waals surface area contributed by atoms with E-state index >= 15 is 0 Å². The second kappa shape index (κ2) is 16.6. The molecule has 0 unspecified atom stereocenters. The molecule has 2 aromatic rings. The van der Waals surface area contributed by atoms with Gasteiger partial charge in [0.1, 0.15) is 5.69 Å². The van der Waals surface area contributed by atoms with Gasteiger partial charge in [0.2, 0.25) is 5.88 Å². The first-order chi connectivity index (χ1) is 16.8. The Morgan fingerprint density at radius 1 is 0.706 bits per heavy atom. The number of hydrogen-bond acceptors (Lipinski definition) is 5. The van der Waals surface area contributed by atoms with Gasteiger partial charge in [0.25, 0.3) is 0 Å². The highest BCUT2D eigenvalue weighted by atomic mass is 16.5. The molecule has 5 nitrogen and oxygen atoms in total. The number of pyridine rings is 1. The number of rotatable bonds is 20. The molecule has 0 N–H and O–H groups in total. The lowest BCUT2D eigenvalue weighted by atomic mass is 10.0. The van der Waals surface area contributed by atoms with Gasteiger partial charge in [-0.2, -0.15) is 0 Å². The summed E-state index contributed by atoms with van der Waals surface area (Å²) in [6.45, 7) is 4.48. The van der Waals surface area contributed by atoms with Crippen LogP contribution in [0.3, 0.4) is 0 Å². The van der Waals surface area contributed by atoms with Crippen molar-refractivity contribution in [1.82, 2.24) is 15.0 Å². The van der Waals surface area contributed by atoms with Crippen molar-refractivity contribution in [3.05, 3.63) is 36.3 Å². The van der Waals surface area contributed by atoms with E-state index in [-0.39, 0.29) is 0 Å². The van der Waals surface area contributed by atoms with E-state index in [2.05, 4.69) is 34.0 Å². The fraction of sp³-hybridized carbons (Fsp3) is 0.690. The summed E-state index contributed by atoms with van der Waals surface area (Å²) in [6, 6.07) is 4.23. The minimum atomic E-state index is 0.565. The van der Waals surface area contributed by atoms with Gasteiger partial charge in [0.05, 0.1) is 24.7 Å². The van der Waals surface area contributed by atoms with Crippen LogP contribution in [0.15, 0.2) is 30.7 Å². The number of ether oxygens (including phenoxy) is 2. The van der Waals surface area contributed by atoms with Crippen molar-refractivity contribution in [2.75, 3.05) is 19.8 Å². The number of unbranched alkanes of at least 4 members (excludes halogenated alkanes) is 8. The molecule has 0 aromatic carbocycles. The molecule has 1 fully saturated rings. The minimum absolute atomic E-state index is 0.565. The van der Waals surface area contributed by atoms with Crippen molar-refractivity contribution < 1.29 is 9.47 Å². The standard InChI is InChI=1S/C29H45N3O2/c1-2-3-19-33-20-11-12-21-34-29-24-31-28(23-32-29)27-18-17-26(22-30-27)14-10-8-6-4-5-7-9-13-25-15-16-25/h17-18,22-25H,2-16,19-21H2,1H3. The Morgan fingerprint density at radius 3 is 2.15 bits per heavy atom. The summed E-state index contributed by atoms with van der Waals surface area (Å²) in [5.74, 6) is 1.66. The minimum Gasteiger partial charge on any atom is -0.477 e. The van der Waals surface area contributed by atoms with E-state index in [1.165, 1.54) is 76.2 Å². The molecule has 5 heteroatoms. The second-order valence-corrected chi connectivity index (χ2v) is 9.77. The number of aryl methyl sites for hydroxylation is 1. The summed E-state index contributed by atoms with van der Waals surface area (Å²) in [5.41, 5.74) is 2.95. The molecule has 0 amide bonds. The van der Waals surface area contributed by atoms with E-state index < -0.39 is 0 Å². The van der Waals surface area contributed by atoms with E-state index in [4.69, 9.17) is 9.47 Å². The maximum Gasteiger partial charge on any atom is 0.232 e. The lowest BCUT2D eigenvalue weighted by Gasteiger charge is -2.07. The predicted molar refractivity (Wildman–Crippen MR) is 139 cm³/mol. The van der Waals surface area contributed by atoms with Gasteiger partial charge in [-0.15, -0.1) is 0 Å². The lowest BCUT2D eigenvalue weighted by Crippen LogP contribution is -2.03. The smallest absolute Gasteiger partial charge is 0.232 e. The highest BCUT2D eigenvalue weighted by Crippen LogP contribution is 2.34. The van der Waals surface area contributed by atoms with Crippen molar-refractivity contribution in [3.8, 4) is 17.3 Å². The third-order valence-corrected chi connectivity index (χ3v) is 6.57. The van der Waals surface area contributed by atoms with Gasteiger partial charge in [-0.3, -0.25) is 4.98 Å². The van der Waals surface area contributed by atoms with Crippen LogP contribution in [0.2, 0.25) is 0 Å². The topological polar surface area (TPSA) is 57.1 Å². The molecule has 3 rings (SSSR count). The molecule has 1 aliphatic carbocycles. The molecule has 0 saturated heterocycles. The zero-order valence-corrected chi connectivity index (χ0v) is 21.4. The third-order valence-electron chi connectivity index (χ3n) is 6.57. The molecule has 1 aliphatic rings. The molecule has 0 atom stereocenters. The van der Waals surface area contributed by atoms with Crippen LogP contribution in [-0.2, 0) is 11.2 Å². The number of aromatic nitrogens is 3. The largest absolute Gasteiger partial charge is 0.477 e. The van der Waals surface area contributed by atoms with E-state index in [1.807, 2.05) is 6.20 Å². The van der Waals surface area contributed by atoms with Gasteiger partial charge in [-0.1, -0.05) is 77.2 Å². The van der Waals surface area contributed by atoms with Crippen LogP contribution in [0, 0.1) is 5.92 Å². The third kappa shape index (κ3) is 11.4. The lowest BCUT2D eigenvalue weighted by molar-refractivity contribution is 0.123. The average Bonchev–Trinajstić information content (AvgIpc) is 3.70. The van der Waals surface area contributed by atoms with Crippen molar-refractivity contribution in [3.63, 3.8) is 0 Å². The number of hydrogen-bond donors (Lipinski definition) is 0. The fourth-order valence-electron chi connectivity index (χ4n) is 4.13. The van der Waals surface area contributed by atoms with E-state index in [9.17, 15) is 0 Å². The zero-order valence-electron chi connectivity index (χ0n) is 21.4. The molecule has 0 spiro atoms. The quantitative estimate of drug-likeness (QED) is 0.188. The summed E-state index contributed by atoms with van der Waals surface area (Å²) in [6.07, 6.45) is 24.9. The van der Waals surface area contributed by atoms with Gasteiger partial charge in [0.15, 0.2) is 0 Å². The van der Waals surface area contributed by atoms with Gasteiger partial charge >= 0.3 is 0 Å². The SMILES string of the molecule is CCCCOCCCCOc1cnc(-c2ccc(CCCCCCCCCC3CC3)cn2)cn1. The van der Waals surface area contributed by atoms with Crippen molar-refractivity contribution >= 4 is 0 Å². The van der Waals surface area contributed by atoms with Gasteiger partial charge in [-0.05, 0) is 49.7 Å². The molecule has 2 aromatic heterocycles. The first-order valence-corrected chi connectivity index (χ1v) is 13.8. The highest BCUT2D eigenvalue weighted by Gasteiger charge is 2.19. The second-order valence-electron chi connectivity index (χ2n) is 9.77. The molecule has 1 saturated carbocycles. The average molecular weight is 468 g/mol. The van der Waals surface area contributed by atoms with Crippen LogP contribution < -0.4 is 4.74 Å². The highest BCUT2D eigenvalue weighted by molar-refractivity contribution is 5.52. The molecular weight excluding hydrogens is 422 g/mol. The number of nitrogens with zero attached hydrogens (tertiary/aromatic N) is 3. The van der Waals surface area contributed by atoms with Crippen LogP contribution in [0.4, 0.5) is 0 Å². The summed E-state index contributed by atoms with van der Waals surface area (Å²) in [5, 5.41) is 0.